The second-order valence-corrected chi connectivity index (χ2v) is 4.13. The van der Waals surface area contributed by atoms with Crippen molar-refractivity contribution in [3.63, 3.8) is 0 Å². The summed E-state index contributed by atoms with van der Waals surface area (Å²) in [6, 6.07) is 0.879. The molecule has 0 bridgehead atoms. The lowest BCUT2D eigenvalue weighted by molar-refractivity contribution is -0.144. The van der Waals surface area contributed by atoms with E-state index >= 15 is 0 Å². The summed E-state index contributed by atoms with van der Waals surface area (Å²) < 4.78 is 37.3. The lowest BCUT2D eigenvalue weighted by Gasteiger charge is -2.13. The minimum atomic E-state index is -4.66. The summed E-state index contributed by atoms with van der Waals surface area (Å²) in [7, 11) is 0. The van der Waals surface area contributed by atoms with E-state index in [9.17, 15) is 18.0 Å². The monoisotopic (exact) mass is 280 g/mol. The Morgan fingerprint density at radius 1 is 1.44 bits per heavy atom. The lowest BCUT2D eigenvalue weighted by Crippen LogP contribution is -2.24. The molecule has 1 saturated heterocycles. The number of carbonyl (C=O) groups excluding carboxylic acids is 1. The number of halogens is 4. The molecule has 1 fully saturated rings. The zero-order valence-electron chi connectivity index (χ0n) is 8.88. The van der Waals surface area contributed by atoms with E-state index in [1.807, 2.05) is 0 Å². The van der Waals surface area contributed by atoms with Gasteiger partial charge in [0.1, 0.15) is 11.0 Å². The fourth-order valence-electron chi connectivity index (χ4n) is 1.53. The van der Waals surface area contributed by atoms with Crippen LogP contribution in [0, 0.1) is 0 Å². The summed E-state index contributed by atoms with van der Waals surface area (Å²) in [6.45, 7) is 0.335. The standard InChI is InChI=1S/C9H8ClF3N4O/c10-5-2-6(15-4-1-7(18)14-3-4)17-8(16-5)9(11,12)13/h2,4H,1,3H2,(H,14,18)(H,15,16,17). The third kappa shape index (κ3) is 3.00. The first-order chi connectivity index (χ1) is 8.34. The summed E-state index contributed by atoms with van der Waals surface area (Å²) in [4.78, 5) is 17.4. The fourth-order valence-corrected chi connectivity index (χ4v) is 1.72. The van der Waals surface area contributed by atoms with E-state index in [1.165, 1.54) is 6.07 Å². The molecule has 0 saturated carbocycles. The quantitative estimate of drug-likeness (QED) is 0.805. The van der Waals surface area contributed by atoms with Crippen LogP contribution in [-0.2, 0) is 11.0 Å². The number of alkyl halides is 3. The van der Waals surface area contributed by atoms with Gasteiger partial charge in [0, 0.05) is 19.0 Å². The van der Waals surface area contributed by atoms with Gasteiger partial charge in [-0.15, -0.1) is 0 Å². The Balaban J connectivity index is 2.18. The number of nitrogens with zero attached hydrogens (tertiary/aromatic N) is 2. The van der Waals surface area contributed by atoms with Gasteiger partial charge in [-0.25, -0.2) is 9.97 Å². The zero-order valence-corrected chi connectivity index (χ0v) is 9.64. The average molecular weight is 281 g/mol. The predicted molar refractivity (Wildman–Crippen MR) is 57.1 cm³/mol. The number of carbonyl (C=O) groups is 1. The van der Waals surface area contributed by atoms with Gasteiger partial charge in [0.15, 0.2) is 0 Å². The van der Waals surface area contributed by atoms with Crippen LogP contribution in [0.2, 0.25) is 5.15 Å². The van der Waals surface area contributed by atoms with E-state index in [-0.39, 0.29) is 29.3 Å². The summed E-state index contributed by atoms with van der Waals surface area (Å²) >= 11 is 5.50. The van der Waals surface area contributed by atoms with Gasteiger partial charge in [0.2, 0.25) is 11.7 Å². The molecule has 0 aliphatic carbocycles. The number of nitrogens with one attached hydrogen (secondary N) is 2. The maximum atomic E-state index is 12.4. The van der Waals surface area contributed by atoms with E-state index in [0.29, 0.717) is 6.54 Å². The van der Waals surface area contributed by atoms with Gasteiger partial charge in [0.25, 0.3) is 0 Å². The van der Waals surface area contributed by atoms with Crippen molar-refractivity contribution in [2.45, 2.75) is 18.6 Å². The molecule has 0 radical (unpaired) electrons. The number of aromatic nitrogens is 2. The second-order valence-electron chi connectivity index (χ2n) is 3.75. The van der Waals surface area contributed by atoms with Crippen LogP contribution in [0.15, 0.2) is 6.07 Å². The largest absolute Gasteiger partial charge is 0.451 e. The van der Waals surface area contributed by atoms with Crippen molar-refractivity contribution in [3.05, 3.63) is 17.0 Å². The Morgan fingerprint density at radius 3 is 2.72 bits per heavy atom. The van der Waals surface area contributed by atoms with E-state index < -0.39 is 12.0 Å². The molecule has 1 aromatic rings. The molecular formula is C9H8ClF3N4O. The molecule has 98 valence electrons. The van der Waals surface area contributed by atoms with Crippen LogP contribution in [0.3, 0.4) is 0 Å². The lowest BCUT2D eigenvalue weighted by atomic mass is 10.2. The van der Waals surface area contributed by atoms with E-state index in [4.69, 9.17) is 11.6 Å². The smallest absolute Gasteiger partial charge is 0.365 e. The molecule has 1 aromatic heterocycles. The van der Waals surface area contributed by atoms with Crippen molar-refractivity contribution in [1.82, 2.24) is 15.3 Å². The molecule has 0 spiro atoms. The van der Waals surface area contributed by atoms with Gasteiger partial charge in [-0.1, -0.05) is 11.6 Å². The fraction of sp³-hybridized carbons (Fsp3) is 0.444. The third-order valence-corrected chi connectivity index (χ3v) is 2.47. The highest BCUT2D eigenvalue weighted by Crippen LogP contribution is 2.28. The van der Waals surface area contributed by atoms with Crippen LogP contribution in [0.25, 0.3) is 0 Å². The van der Waals surface area contributed by atoms with Gasteiger partial charge in [-0.05, 0) is 0 Å². The summed E-state index contributed by atoms with van der Waals surface area (Å²) in [6.07, 6.45) is -4.48. The number of anilines is 1. The van der Waals surface area contributed by atoms with E-state index in [2.05, 4.69) is 20.6 Å². The Bertz CT molecular complexity index is 479. The molecule has 5 nitrogen and oxygen atoms in total. The molecule has 0 aromatic carbocycles. The number of hydrogen-bond acceptors (Lipinski definition) is 4. The van der Waals surface area contributed by atoms with Crippen molar-refractivity contribution in [2.75, 3.05) is 11.9 Å². The normalized spacial score (nSPS) is 19.8. The number of amides is 1. The number of hydrogen-bond donors (Lipinski definition) is 2. The van der Waals surface area contributed by atoms with Crippen LogP contribution in [0.1, 0.15) is 12.2 Å². The summed E-state index contributed by atoms with van der Waals surface area (Å²) in [5.74, 6) is -1.53. The Kier molecular flexibility index (Phi) is 3.29. The number of rotatable bonds is 2. The molecule has 2 N–H and O–H groups in total. The summed E-state index contributed by atoms with van der Waals surface area (Å²) in [5, 5.41) is 4.95. The summed E-state index contributed by atoms with van der Waals surface area (Å²) in [5.41, 5.74) is 0. The predicted octanol–water partition coefficient (Wildman–Crippen LogP) is 1.45. The SMILES string of the molecule is O=C1CC(Nc2cc(Cl)nc(C(F)(F)F)n2)CN1. The maximum Gasteiger partial charge on any atom is 0.451 e. The second kappa shape index (κ2) is 4.60. The molecule has 1 amide bonds. The van der Waals surface area contributed by atoms with E-state index in [1.54, 1.807) is 0 Å². The van der Waals surface area contributed by atoms with Gasteiger partial charge in [-0.3, -0.25) is 4.79 Å². The van der Waals surface area contributed by atoms with Crippen molar-refractivity contribution in [3.8, 4) is 0 Å². The Morgan fingerprint density at radius 2 is 2.17 bits per heavy atom. The van der Waals surface area contributed by atoms with Crippen molar-refractivity contribution in [2.24, 2.45) is 0 Å². The molecule has 2 heterocycles. The van der Waals surface area contributed by atoms with Gasteiger partial charge in [-0.2, -0.15) is 13.2 Å². The first-order valence-corrected chi connectivity index (χ1v) is 5.37. The van der Waals surface area contributed by atoms with Crippen LogP contribution in [-0.4, -0.2) is 28.5 Å². The van der Waals surface area contributed by atoms with Gasteiger partial charge >= 0.3 is 6.18 Å². The minimum Gasteiger partial charge on any atom is -0.365 e. The molecule has 1 aliphatic heterocycles. The van der Waals surface area contributed by atoms with Crippen molar-refractivity contribution >= 4 is 23.3 Å². The Labute approximate surface area is 105 Å². The molecular weight excluding hydrogens is 273 g/mol. The van der Waals surface area contributed by atoms with Gasteiger partial charge in [0.05, 0.1) is 6.04 Å². The zero-order chi connectivity index (χ0) is 13.3. The van der Waals surface area contributed by atoms with Crippen molar-refractivity contribution in [1.29, 1.82) is 0 Å². The molecule has 1 aliphatic rings. The highest BCUT2D eigenvalue weighted by Gasteiger charge is 2.35. The molecule has 9 heteroatoms. The minimum absolute atomic E-state index is 0.0520. The van der Waals surface area contributed by atoms with Crippen LogP contribution >= 0.6 is 11.6 Å². The molecule has 2 rings (SSSR count). The highest BCUT2D eigenvalue weighted by atomic mass is 35.5. The topological polar surface area (TPSA) is 66.9 Å². The molecule has 18 heavy (non-hydrogen) atoms. The van der Waals surface area contributed by atoms with E-state index in [0.717, 1.165) is 0 Å². The maximum absolute atomic E-state index is 12.4. The van der Waals surface area contributed by atoms with Crippen molar-refractivity contribution < 1.29 is 18.0 Å². The van der Waals surface area contributed by atoms with Crippen LogP contribution in [0.5, 0.6) is 0 Å². The first kappa shape index (κ1) is 12.9. The first-order valence-electron chi connectivity index (χ1n) is 4.99. The molecule has 1 atom stereocenters. The average Bonchev–Trinajstić information content (AvgIpc) is 2.61. The van der Waals surface area contributed by atoms with Crippen LogP contribution in [0.4, 0.5) is 19.0 Å². The molecule has 1 unspecified atom stereocenters. The highest BCUT2D eigenvalue weighted by molar-refractivity contribution is 6.29. The van der Waals surface area contributed by atoms with Crippen LogP contribution < -0.4 is 10.6 Å². The third-order valence-electron chi connectivity index (χ3n) is 2.28. The van der Waals surface area contributed by atoms with Gasteiger partial charge < -0.3 is 10.6 Å². The Hall–Kier alpha value is -1.57.